The summed E-state index contributed by atoms with van der Waals surface area (Å²) in [7, 11) is 5.16. The van der Waals surface area contributed by atoms with Crippen LogP contribution in [0, 0.1) is 0 Å². The minimum Gasteiger partial charge on any atom is -0.493 e. The molecule has 0 aliphatic rings. The lowest BCUT2D eigenvalue weighted by Crippen LogP contribution is -2.38. The summed E-state index contributed by atoms with van der Waals surface area (Å²) in [6, 6.07) is 13.6. The molecule has 0 aliphatic carbocycles. The molecule has 0 bridgehead atoms. The topological polar surface area (TPSA) is 75.2 Å². The molecule has 176 valence electrons. The number of carbonyl (C=O) groups is 1. The van der Waals surface area contributed by atoms with Gasteiger partial charge in [0.15, 0.2) is 17.5 Å². The zero-order valence-corrected chi connectivity index (χ0v) is 21.9. The van der Waals surface area contributed by atoms with Crippen molar-refractivity contribution in [2.75, 3.05) is 40.9 Å². The zero-order valence-electron chi connectivity index (χ0n) is 19.6. The SMILES string of the molecule is CCNC(=NCc1ccc(OCC)c(OC)c1)NCCc1cccc(C(=O)N(C)C)c1.I. The first-order chi connectivity index (χ1) is 15.0. The molecule has 32 heavy (non-hydrogen) atoms. The number of carbonyl (C=O) groups excluding carboxylic acids is 1. The van der Waals surface area contributed by atoms with Crippen LogP contribution in [0.1, 0.15) is 35.3 Å². The van der Waals surface area contributed by atoms with Crippen LogP contribution in [0.4, 0.5) is 0 Å². The van der Waals surface area contributed by atoms with Gasteiger partial charge in [0.25, 0.3) is 5.91 Å². The molecule has 0 fully saturated rings. The minimum atomic E-state index is 0. The standard InChI is InChI=1S/C24H34N4O3.HI/c1-6-25-24(27-17-19-11-12-21(31-7-2)22(16-19)30-5)26-14-13-18-9-8-10-20(15-18)23(29)28(3)4;/h8-12,15-16H,6-7,13-14,17H2,1-5H3,(H2,25,26,27);1H. The van der Waals surface area contributed by atoms with Gasteiger partial charge in [-0.1, -0.05) is 18.2 Å². The van der Waals surface area contributed by atoms with Crippen molar-refractivity contribution >= 4 is 35.8 Å². The summed E-state index contributed by atoms with van der Waals surface area (Å²) >= 11 is 0. The van der Waals surface area contributed by atoms with Crippen LogP contribution in [-0.4, -0.2) is 57.7 Å². The molecule has 2 rings (SSSR count). The van der Waals surface area contributed by atoms with Crippen LogP contribution in [0.25, 0.3) is 0 Å². The Bertz CT molecular complexity index is 887. The number of rotatable bonds is 10. The second kappa shape index (κ2) is 14.5. The van der Waals surface area contributed by atoms with E-state index in [0.717, 1.165) is 35.8 Å². The lowest BCUT2D eigenvalue weighted by molar-refractivity contribution is 0.0827. The molecule has 0 saturated carbocycles. The summed E-state index contributed by atoms with van der Waals surface area (Å²) in [5.41, 5.74) is 2.84. The number of benzene rings is 2. The molecule has 0 radical (unpaired) electrons. The lowest BCUT2D eigenvalue weighted by atomic mass is 10.1. The molecule has 0 unspecified atom stereocenters. The van der Waals surface area contributed by atoms with Gasteiger partial charge in [-0.25, -0.2) is 4.99 Å². The minimum absolute atomic E-state index is 0. The summed E-state index contributed by atoms with van der Waals surface area (Å²) in [6.45, 7) is 6.57. The first-order valence-electron chi connectivity index (χ1n) is 10.6. The second-order valence-electron chi connectivity index (χ2n) is 7.19. The summed E-state index contributed by atoms with van der Waals surface area (Å²) in [4.78, 5) is 18.4. The maximum Gasteiger partial charge on any atom is 0.253 e. The highest BCUT2D eigenvalue weighted by atomic mass is 127. The number of amides is 1. The molecule has 0 aromatic heterocycles. The highest BCUT2D eigenvalue weighted by Gasteiger charge is 2.08. The average molecular weight is 554 g/mol. The predicted molar refractivity (Wildman–Crippen MR) is 141 cm³/mol. The van der Waals surface area contributed by atoms with Gasteiger partial charge in [0.1, 0.15) is 0 Å². The summed E-state index contributed by atoms with van der Waals surface area (Å²) in [5.74, 6) is 2.20. The molecule has 2 aromatic rings. The maximum absolute atomic E-state index is 12.2. The van der Waals surface area contributed by atoms with Crippen LogP contribution >= 0.6 is 24.0 Å². The fourth-order valence-corrected chi connectivity index (χ4v) is 3.04. The number of halogens is 1. The molecule has 2 aromatic carbocycles. The summed E-state index contributed by atoms with van der Waals surface area (Å²) in [6.07, 6.45) is 0.788. The molecule has 8 heteroatoms. The number of aliphatic imine (C=N–C) groups is 1. The van der Waals surface area contributed by atoms with Gasteiger partial charge in [0.05, 0.1) is 20.3 Å². The van der Waals surface area contributed by atoms with E-state index in [9.17, 15) is 4.79 Å². The summed E-state index contributed by atoms with van der Waals surface area (Å²) in [5, 5.41) is 6.62. The van der Waals surface area contributed by atoms with Crippen LogP contribution in [0.3, 0.4) is 0 Å². The van der Waals surface area contributed by atoms with Crippen LogP contribution < -0.4 is 20.1 Å². The van der Waals surface area contributed by atoms with E-state index >= 15 is 0 Å². The van der Waals surface area contributed by atoms with Crippen molar-refractivity contribution in [1.29, 1.82) is 0 Å². The van der Waals surface area contributed by atoms with Crippen LogP contribution in [0.15, 0.2) is 47.5 Å². The van der Waals surface area contributed by atoms with Gasteiger partial charge in [-0.2, -0.15) is 0 Å². The van der Waals surface area contributed by atoms with Crippen molar-refractivity contribution in [1.82, 2.24) is 15.5 Å². The van der Waals surface area contributed by atoms with E-state index in [1.54, 1.807) is 26.1 Å². The lowest BCUT2D eigenvalue weighted by Gasteiger charge is -2.13. The van der Waals surface area contributed by atoms with E-state index in [1.165, 1.54) is 0 Å². The fraction of sp³-hybridized carbons (Fsp3) is 0.417. The van der Waals surface area contributed by atoms with Crippen molar-refractivity contribution in [2.24, 2.45) is 4.99 Å². The zero-order chi connectivity index (χ0) is 22.6. The number of hydrogen-bond acceptors (Lipinski definition) is 4. The van der Waals surface area contributed by atoms with E-state index in [0.29, 0.717) is 31.0 Å². The number of guanidine groups is 1. The number of nitrogens with zero attached hydrogens (tertiary/aromatic N) is 2. The Morgan fingerprint density at radius 2 is 1.81 bits per heavy atom. The molecule has 0 aliphatic heterocycles. The third kappa shape index (κ3) is 8.57. The van der Waals surface area contributed by atoms with Gasteiger partial charge in [0.2, 0.25) is 0 Å². The van der Waals surface area contributed by atoms with Gasteiger partial charge >= 0.3 is 0 Å². The van der Waals surface area contributed by atoms with Crippen molar-refractivity contribution in [3.63, 3.8) is 0 Å². The van der Waals surface area contributed by atoms with E-state index in [1.807, 2.05) is 56.3 Å². The third-order valence-corrected chi connectivity index (χ3v) is 4.58. The van der Waals surface area contributed by atoms with Crippen molar-refractivity contribution < 1.29 is 14.3 Å². The van der Waals surface area contributed by atoms with E-state index in [4.69, 9.17) is 9.47 Å². The molecule has 0 atom stereocenters. The highest BCUT2D eigenvalue weighted by Crippen LogP contribution is 2.28. The van der Waals surface area contributed by atoms with Crippen LogP contribution in [0.2, 0.25) is 0 Å². The number of ether oxygens (including phenoxy) is 2. The molecular weight excluding hydrogens is 519 g/mol. The average Bonchev–Trinajstić information content (AvgIpc) is 2.78. The quantitative estimate of drug-likeness (QED) is 0.266. The molecule has 0 spiro atoms. The van der Waals surface area contributed by atoms with E-state index in [-0.39, 0.29) is 29.9 Å². The summed E-state index contributed by atoms with van der Waals surface area (Å²) < 4.78 is 11.0. The second-order valence-corrected chi connectivity index (χ2v) is 7.19. The van der Waals surface area contributed by atoms with Gasteiger partial charge in [-0.05, 0) is 55.7 Å². The number of methoxy groups -OCH3 is 1. The monoisotopic (exact) mass is 554 g/mol. The van der Waals surface area contributed by atoms with E-state index in [2.05, 4.69) is 15.6 Å². The third-order valence-electron chi connectivity index (χ3n) is 4.58. The molecule has 7 nitrogen and oxygen atoms in total. The Balaban J connectivity index is 0.00000512. The first kappa shape index (κ1) is 27.5. The fourth-order valence-electron chi connectivity index (χ4n) is 3.04. The molecule has 2 N–H and O–H groups in total. The van der Waals surface area contributed by atoms with Gasteiger partial charge in [-0.15, -0.1) is 24.0 Å². The van der Waals surface area contributed by atoms with Crippen molar-refractivity contribution in [2.45, 2.75) is 26.8 Å². The van der Waals surface area contributed by atoms with E-state index < -0.39 is 0 Å². The molecule has 1 amide bonds. The Labute approximate surface area is 208 Å². The smallest absolute Gasteiger partial charge is 0.253 e. The number of hydrogen-bond donors (Lipinski definition) is 2. The first-order valence-corrected chi connectivity index (χ1v) is 10.6. The molecule has 0 heterocycles. The van der Waals surface area contributed by atoms with Gasteiger partial charge in [0, 0.05) is 32.7 Å². The maximum atomic E-state index is 12.2. The normalized spacial score (nSPS) is 10.7. The molecular formula is C24H35IN4O3. The Morgan fingerprint density at radius 1 is 1.03 bits per heavy atom. The number of nitrogens with one attached hydrogen (secondary N) is 2. The van der Waals surface area contributed by atoms with Crippen LogP contribution in [0.5, 0.6) is 11.5 Å². The molecule has 0 saturated heterocycles. The van der Waals surface area contributed by atoms with Crippen molar-refractivity contribution in [3.8, 4) is 11.5 Å². The Kier molecular flexibility index (Phi) is 12.5. The Hall–Kier alpha value is -2.49. The predicted octanol–water partition coefficient (Wildman–Crippen LogP) is 3.71. The van der Waals surface area contributed by atoms with Gasteiger partial charge in [-0.3, -0.25) is 4.79 Å². The van der Waals surface area contributed by atoms with Crippen LogP contribution in [-0.2, 0) is 13.0 Å². The van der Waals surface area contributed by atoms with Crippen molar-refractivity contribution in [3.05, 3.63) is 59.2 Å². The largest absolute Gasteiger partial charge is 0.493 e. The van der Waals surface area contributed by atoms with Gasteiger partial charge < -0.3 is 25.0 Å². The highest BCUT2D eigenvalue weighted by molar-refractivity contribution is 14.0. The Morgan fingerprint density at radius 3 is 2.47 bits per heavy atom.